The third-order valence-electron chi connectivity index (χ3n) is 23.3. The number of carbonyl (C=O) groups is 17. The molecule has 3 fully saturated rings. The van der Waals surface area contributed by atoms with Crippen LogP contribution in [0.15, 0.2) is 85.2 Å². The Bertz CT molecular complexity index is 4820. The minimum Gasteiger partial charge on any atom is -0.508 e. The first-order chi connectivity index (χ1) is 61.4. The summed E-state index contributed by atoms with van der Waals surface area (Å²) in [5, 5.41) is 60.1. The second kappa shape index (κ2) is 48.8. The summed E-state index contributed by atoms with van der Waals surface area (Å²) in [6.07, 6.45) is 1.66. The molecule has 0 spiro atoms. The van der Waals surface area contributed by atoms with Gasteiger partial charge in [0.05, 0.1) is 31.4 Å². The molecule has 704 valence electrons. The number of unbranched alkanes of at least 4 members (excludes halogenated alkanes) is 2. The summed E-state index contributed by atoms with van der Waals surface area (Å²) in [7, 11) is 3.93. The lowest BCUT2D eigenvalue weighted by molar-refractivity contribution is -0.149. The number of H-pyrrole nitrogens is 2. The van der Waals surface area contributed by atoms with Crippen LogP contribution in [-0.4, -0.2) is 313 Å². The fourth-order valence-corrected chi connectivity index (χ4v) is 16.8. The molecule has 8 rings (SSSR count). The van der Waals surface area contributed by atoms with Crippen LogP contribution < -0.4 is 76.1 Å². The number of amides is 17. The number of aliphatic hydroxyl groups is 2. The molecule has 3 aromatic carbocycles. The molecule has 2 aromatic heterocycles. The van der Waals surface area contributed by atoms with E-state index < -0.39 is 235 Å². The van der Waals surface area contributed by atoms with E-state index in [-0.39, 0.29) is 95.4 Å². The topological polar surface area (TPSA) is 623 Å². The first-order valence-corrected chi connectivity index (χ1v) is 44.7. The van der Waals surface area contributed by atoms with Crippen molar-refractivity contribution in [2.24, 2.45) is 28.9 Å². The number of aliphatic hydroxyl groups excluding tert-OH is 2. The monoisotopic (exact) mass is 1820 g/mol. The van der Waals surface area contributed by atoms with Crippen LogP contribution in [0.5, 0.6) is 5.75 Å². The lowest BCUT2D eigenvalue weighted by atomic mass is 10.00. The molecule has 0 bridgehead atoms. The molecule has 23 N–H and O–H groups in total. The highest BCUT2D eigenvalue weighted by molar-refractivity contribution is 8.00. The van der Waals surface area contributed by atoms with Crippen molar-refractivity contribution in [1.82, 2.24) is 87.6 Å². The van der Waals surface area contributed by atoms with Crippen LogP contribution in [0, 0.1) is 5.92 Å². The molecular weight excluding hydrogens is 1690 g/mol. The second-order valence-corrected chi connectivity index (χ2v) is 34.4. The third-order valence-corrected chi connectivity index (χ3v) is 24.3. The number of aromatic nitrogens is 2. The average Bonchev–Trinajstić information content (AvgIpc) is 1.52. The van der Waals surface area contributed by atoms with E-state index in [0.717, 1.165) is 36.3 Å². The van der Waals surface area contributed by atoms with Gasteiger partial charge in [-0.1, -0.05) is 102 Å². The predicted octanol–water partition coefficient (Wildman–Crippen LogP) is -3.46. The van der Waals surface area contributed by atoms with Crippen molar-refractivity contribution in [3.05, 3.63) is 102 Å². The number of thioether (sulfide) groups is 1. The molecule has 15 atom stereocenters. The van der Waals surface area contributed by atoms with Gasteiger partial charge in [0.25, 0.3) is 0 Å². The quantitative estimate of drug-likeness (QED) is 0.0285. The smallest absolute Gasteiger partial charge is 0.246 e. The number of phenolic OH excluding ortho intramolecular Hbond substituents is 1. The number of phenols is 1. The lowest BCUT2D eigenvalue weighted by Gasteiger charge is -2.36. The minimum atomic E-state index is -1.88. The van der Waals surface area contributed by atoms with Crippen molar-refractivity contribution in [3.63, 3.8) is 0 Å². The standard InChI is InChI=1S/C87H125N21O20S/c1-9-11-24-67-80(121)96-58(23-17-31-88)76(117)103-66(75(116)94-42-72(91)113)45-129-46-73(114)95-61(34-49-27-29-52(110)30-28-49)83(124)104(6)48(5)74(115)98-63(38-71(90)112)85(126)107-32-18-26-68(107)81(122)101-64(39-89)78(119)99-60(33-47(3)4)86(127)108-43-53(111)37-70(108)82(123)97-59(35-50-40-92-56-21-15-13-19-54(50)56)77(118)102-65(44-109)79(120)100-62(36-51-41-93-57-22-16-14-20-55(51)57)84(125)106(8)69(25-12-10-2)87(128)105(67)7/h13-16,19-22,27-30,40-41,47-48,53,58-70,92-93,109-111H,9-12,17-18,23-26,31-39,42-46,88-89H2,1-8H3,(H2,90,112)(H2,91,113)(H,94,116)(H,95,114)(H,96,121)(H,97,123)(H,98,115)(H,99,119)(H,100,120)(H,101,122)(H,102,118)(H,103,117)/t48-,53-,58-,59-,60-,61-,62-,63-,64-,65-,66-,67-,68-,69-,70-/m0/s1. The highest BCUT2D eigenvalue weighted by Gasteiger charge is 2.47. The summed E-state index contributed by atoms with van der Waals surface area (Å²) < 4.78 is 0. The predicted molar refractivity (Wildman–Crippen MR) is 476 cm³/mol. The number of primary amides is 2. The van der Waals surface area contributed by atoms with E-state index in [1.54, 1.807) is 74.8 Å². The van der Waals surface area contributed by atoms with Crippen molar-refractivity contribution >= 4 is 134 Å². The van der Waals surface area contributed by atoms with Gasteiger partial charge >= 0.3 is 0 Å². The van der Waals surface area contributed by atoms with Crippen molar-refractivity contribution < 1.29 is 96.8 Å². The lowest BCUT2D eigenvalue weighted by Crippen LogP contribution is -2.62. The summed E-state index contributed by atoms with van der Waals surface area (Å²) in [5.74, 6) is -17.4. The van der Waals surface area contributed by atoms with Crippen molar-refractivity contribution in [1.29, 1.82) is 0 Å². The largest absolute Gasteiger partial charge is 0.508 e. The van der Waals surface area contributed by atoms with Gasteiger partial charge in [-0.3, -0.25) is 81.5 Å². The van der Waals surface area contributed by atoms with Gasteiger partial charge < -0.3 is 126 Å². The van der Waals surface area contributed by atoms with Crippen LogP contribution in [-0.2, 0) is 101 Å². The van der Waals surface area contributed by atoms with Crippen molar-refractivity contribution in [2.75, 3.05) is 72.0 Å². The van der Waals surface area contributed by atoms with Crippen molar-refractivity contribution in [3.8, 4) is 5.75 Å². The first-order valence-electron chi connectivity index (χ1n) is 43.5. The Kier molecular flexibility index (Phi) is 38.6. The summed E-state index contributed by atoms with van der Waals surface area (Å²) in [6.45, 7) is 5.49. The Labute approximate surface area is 751 Å². The zero-order valence-electron chi connectivity index (χ0n) is 74.0. The number of para-hydroxylation sites is 2. The summed E-state index contributed by atoms with van der Waals surface area (Å²) in [4.78, 5) is 259. The number of rotatable bonds is 24. The number of nitrogens with two attached hydrogens (primary N) is 4. The number of aromatic amines is 2. The number of nitrogens with one attached hydrogen (secondary N) is 12. The van der Waals surface area contributed by atoms with Crippen LogP contribution in [0.3, 0.4) is 0 Å². The highest BCUT2D eigenvalue weighted by atomic mass is 32.2. The molecule has 5 heterocycles. The Morgan fingerprint density at radius 3 is 1.65 bits per heavy atom. The maximum Gasteiger partial charge on any atom is 0.246 e. The number of benzene rings is 3. The van der Waals surface area contributed by atoms with Crippen LogP contribution in [0.4, 0.5) is 0 Å². The average molecular weight is 1820 g/mol. The van der Waals surface area contributed by atoms with Gasteiger partial charge in [0, 0.05) is 106 Å². The number of hydrogen-bond acceptors (Lipinski definition) is 23. The summed E-state index contributed by atoms with van der Waals surface area (Å²) in [5.41, 5.74) is 26.0. The highest BCUT2D eigenvalue weighted by Crippen LogP contribution is 2.28. The van der Waals surface area contributed by atoms with E-state index in [1.165, 1.54) is 52.3 Å². The maximum absolute atomic E-state index is 15.7. The molecule has 5 aromatic rings. The molecule has 0 aliphatic carbocycles. The zero-order chi connectivity index (χ0) is 94.6. The molecule has 3 aliphatic heterocycles. The van der Waals surface area contributed by atoms with Crippen LogP contribution in [0.1, 0.15) is 135 Å². The molecule has 3 saturated heterocycles. The third kappa shape index (κ3) is 28.1. The first kappa shape index (κ1) is 102. The van der Waals surface area contributed by atoms with E-state index in [4.69, 9.17) is 22.9 Å². The summed E-state index contributed by atoms with van der Waals surface area (Å²) >= 11 is 0.779. The fourth-order valence-electron chi connectivity index (χ4n) is 16.0. The second-order valence-electron chi connectivity index (χ2n) is 33.4. The number of hydrogen-bond donors (Lipinski definition) is 19. The van der Waals surface area contributed by atoms with Gasteiger partial charge in [0.1, 0.15) is 90.3 Å². The Morgan fingerprint density at radius 2 is 1.05 bits per heavy atom. The van der Waals surface area contributed by atoms with Crippen LogP contribution >= 0.6 is 11.8 Å². The minimum absolute atomic E-state index is 0.00392. The molecule has 42 heteroatoms. The van der Waals surface area contributed by atoms with E-state index in [2.05, 4.69) is 63.1 Å². The Morgan fingerprint density at radius 1 is 0.535 bits per heavy atom. The van der Waals surface area contributed by atoms with Gasteiger partial charge in [-0.15, -0.1) is 11.8 Å². The van der Waals surface area contributed by atoms with Gasteiger partial charge in [-0.25, -0.2) is 0 Å². The Balaban J connectivity index is 1.18. The molecular formula is C87H125N21O20S. The molecule has 17 amide bonds. The van der Waals surface area contributed by atoms with E-state index >= 15 is 33.6 Å². The molecule has 3 aliphatic rings. The molecule has 129 heavy (non-hydrogen) atoms. The van der Waals surface area contributed by atoms with E-state index in [1.807, 2.05) is 13.8 Å². The molecule has 0 unspecified atom stereocenters. The van der Waals surface area contributed by atoms with Gasteiger partial charge in [-0.2, -0.15) is 0 Å². The van der Waals surface area contributed by atoms with Gasteiger partial charge in [0.15, 0.2) is 0 Å². The van der Waals surface area contributed by atoms with Gasteiger partial charge in [0.2, 0.25) is 100 Å². The number of carbonyl (C=O) groups excluding carboxylic acids is 17. The SMILES string of the molecule is CCCC[C@H]1C(=O)N(C)[C@@H](CCCC)C(=O)N[C@@H](CCCN)C(=O)N[C@H](C(=O)NCC(N)=O)CSCC(=O)N[C@@H](Cc2ccc(O)cc2)C(=O)N(C)[C@@H](C)C(=O)N[C@@H](CC(N)=O)C(=O)N2CCC[C@H]2C(=O)N[C@@H](CN)C(=O)N[C@@H](CC(C)C)C(=O)N2C[C@@H](O)C[C@H]2C(=O)N[C@@H](Cc2c[nH]c3ccccc23)C(=O)N[C@@H](CO)C(=O)N[C@@H](Cc2c[nH]c3ccccc23)C(=O)N1C. The van der Waals surface area contributed by atoms with Crippen LogP contribution in [0.25, 0.3) is 21.8 Å². The van der Waals surface area contributed by atoms with Crippen LogP contribution in [0.2, 0.25) is 0 Å². The number of aromatic hydroxyl groups is 1. The number of likely N-dealkylation sites (N-methyl/N-ethyl adjacent to an activating group) is 3. The molecule has 0 saturated carbocycles. The number of nitrogens with zero attached hydrogens (tertiary/aromatic N) is 5. The van der Waals surface area contributed by atoms with E-state index in [9.17, 15) is 63.3 Å². The summed E-state index contributed by atoms with van der Waals surface area (Å²) in [6, 6.07) is -1.93. The van der Waals surface area contributed by atoms with Gasteiger partial charge in [-0.05, 0) is 105 Å². The van der Waals surface area contributed by atoms with E-state index in [0.29, 0.717) is 64.2 Å². The maximum atomic E-state index is 15.7. The molecule has 0 radical (unpaired) electrons. The molecule has 41 nitrogen and oxygen atoms in total. The fraction of sp³-hybridized carbons (Fsp3) is 0.552. The zero-order valence-corrected chi connectivity index (χ0v) is 74.8. The normalized spacial score (nSPS) is 25.4. The van der Waals surface area contributed by atoms with Crippen molar-refractivity contribution in [2.45, 2.75) is 228 Å². The number of fused-ring (bicyclic) bond motifs is 4. The Hall–Kier alpha value is -12.3.